The number of hydrogen-bond acceptors (Lipinski definition) is 3. The van der Waals surface area contributed by atoms with Crippen LogP contribution >= 0.6 is 0 Å². The van der Waals surface area contributed by atoms with E-state index in [0.29, 0.717) is 13.0 Å². The number of rotatable bonds is 7. The first-order chi connectivity index (χ1) is 10.6. The van der Waals surface area contributed by atoms with Gasteiger partial charge in [-0.3, -0.25) is 4.79 Å². The van der Waals surface area contributed by atoms with Crippen molar-refractivity contribution in [3.8, 4) is 0 Å². The van der Waals surface area contributed by atoms with E-state index in [4.69, 9.17) is 4.74 Å². The minimum absolute atomic E-state index is 0.0680. The Morgan fingerprint density at radius 2 is 1.59 bits per heavy atom. The van der Waals surface area contributed by atoms with Crippen LogP contribution in [0.5, 0.6) is 0 Å². The average Bonchev–Trinajstić information content (AvgIpc) is 2.54. The second-order valence-corrected chi connectivity index (χ2v) is 5.55. The Morgan fingerprint density at radius 3 is 2.23 bits per heavy atom. The van der Waals surface area contributed by atoms with Gasteiger partial charge in [-0.25, -0.2) is 0 Å². The van der Waals surface area contributed by atoms with E-state index in [0.717, 1.165) is 5.56 Å². The van der Waals surface area contributed by atoms with Crippen LogP contribution in [0.25, 0.3) is 0 Å². The van der Waals surface area contributed by atoms with Crippen LogP contribution in [0.2, 0.25) is 0 Å². The molecule has 2 aromatic carbocycles. The Balaban J connectivity index is 1.74. The molecule has 0 saturated heterocycles. The van der Waals surface area contributed by atoms with Crippen molar-refractivity contribution in [2.24, 2.45) is 0 Å². The summed E-state index contributed by atoms with van der Waals surface area (Å²) in [7, 11) is 0. The SMILES string of the molecule is C[C@@H](CC(=O)OCc1ccccc1)N[C@H](C)c1ccccc1. The van der Waals surface area contributed by atoms with Gasteiger partial charge in [-0.15, -0.1) is 0 Å². The molecule has 0 aliphatic heterocycles. The van der Waals surface area contributed by atoms with Gasteiger partial charge in [0, 0.05) is 12.1 Å². The highest BCUT2D eigenvalue weighted by molar-refractivity contribution is 5.70. The number of carbonyl (C=O) groups excluding carboxylic acids is 1. The summed E-state index contributed by atoms with van der Waals surface area (Å²) in [6, 6.07) is 20.2. The molecule has 3 nitrogen and oxygen atoms in total. The topological polar surface area (TPSA) is 38.3 Å². The van der Waals surface area contributed by atoms with Crippen molar-refractivity contribution in [3.63, 3.8) is 0 Å². The molecule has 0 amide bonds. The lowest BCUT2D eigenvalue weighted by molar-refractivity contribution is -0.145. The first kappa shape index (κ1) is 16.2. The monoisotopic (exact) mass is 297 g/mol. The summed E-state index contributed by atoms with van der Waals surface area (Å²) < 4.78 is 5.31. The molecule has 0 aromatic heterocycles. The van der Waals surface area contributed by atoms with Crippen molar-refractivity contribution in [2.45, 2.75) is 39.0 Å². The third kappa shape index (κ3) is 5.34. The minimum atomic E-state index is -0.177. The zero-order valence-electron chi connectivity index (χ0n) is 13.2. The van der Waals surface area contributed by atoms with Gasteiger partial charge in [0.05, 0.1) is 6.42 Å². The van der Waals surface area contributed by atoms with Crippen LogP contribution in [0.1, 0.15) is 37.4 Å². The molecule has 2 aromatic rings. The van der Waals surface area contributed by atoms with Crippen molar-refractivity contribution in [3.05, 3.63) is 71.8 Å². The van der Waals surface area contributed by atoms with E-state index >= 15 is 0 Å². The molecule has 0 bridgehead atoms. The standard InChI is InChI=1S/C19H23NO2/c1-15(20-16(2)18-11-7-4-8-12-18)13-19(21)22-14-17-9-5-3-6-10-17/h3-12,15-16,20H,13-14H2,1-2H3/t15-,16+/m0/s1. The second-order valence-electron chi connectivity index (χ2n) is 5.55. The highest BCUT2D eigenvalue weighted by Crippen LogP contribution is 2.13. The maximum absolute atomic E-state index is 11.9. The molecule has 1 N–H and O–H groups in total. The first-order valence-corrected chi connectivity index (χ1v) is 7.65. The molecule has 0 radical (unpaired) electrons. The average molecular weight is 297 g/mol. The van der Waals surface area contributed by atoms with Crippen LogP contribution in [-0.2, 0) is 16.1 Å². The molecule has 0 aliphatic carbocycles. The molecular weight excluding hydrogens is 274 g/mol. The van der Waals surface area contributed by atoms with E-state index in [9.17, 15) is 4.79 Å². The van der Waals surface area contributed by atoms with E-state index in [2.05, 4.69) is 24.4 Å². The van der Waals surface area contributed by atoms with Crippen LogP contribution in [-0.4, -0.2) is 12.0 Å². The molecule has 22 heavy (non-hydrogen) atoms. The lowest BCUT2D eigenvalue weighted by Gasteiger charge is -2.19. The maximum atomic E-state index is 11.9. The third-order valence-corrected chi connectivity index (χ3v) is 3.55. The van der Waals surface area contributed by atoms with Crippen molar-refractivity contribution in [1.82, 2.24) is 5.32 Å². The van der Waals surface area contributed by atoms with Gasteiger partial charge in [0.25, 0.3) is 0 Å². The predicted octanol–water partition coefficient (Wildman–Crippen LogP) is 3.86. The quantitative estimate of drug-likeness (QED) is 0.789. The van der Waals surface area contributed by atoms with E-state index in [1.54, 1.807) is 0 Å². The smallest absolute Gasteiger partial charge is 0.307 e. The highest BCUT2D eigenvalue weighted by atomic mass is 16.5. The number of esters is 1. The van der Waals surface area contributed by atoms with Crippen molar-refractivity contribution < 1.29 is 9.53 Å². The minimum Gasteiger partial charge on any atom is -0.461 e. The van der Waals surface area contributed by atoms with Crippen LogP contribution in [0.3, 0.4) is 0 Å². The van der Waals surface area contributed by atoms with Gasteiger partial charge in [0.1, 0.15) is 6.61 Å². The van der Waals surface area contributed by atoms with Gasteiger partial charge in [0.15, 0.2) is 0 Å². The predicted molar refractivity (Wildman–Crippen MR) is 88.3 cm³/mol. The highest BCUT2D eigenvalue weighted by Gasteiger charge is 2.13. The van der Waals surface area contributed by atoms with E-state index < -0.39 is 0 Å². The molecular formula is C19H23NO2. The van der Waals surface area contributed by atoms with Crippen LogP contribution in [0, 0.1) is 0 Å². The number of hydrogen-bond donors (Lipinski definition) is 1. The van der Waals surface area contributed by atoms with E-state index in [-0.39, 0.29) is 18.1 Å². The Kier molecular flexibility index (Phi) is 6.16. The molecule has 0 aliphatic rings. The Morgan fingerprint density at radius 1 is 1.00 bits per heavy atom. The zero-order chi connectivity index (χ0) is 15.8. The van der Waals surface area contributed by atoms with Gasteiger partial charge in [-0.2, -0.15) is 0 Å². The molecule has 0 heterocycles. The molecule has 116 valence electrons. The lowest BCUT2D eigenvalue weighted by atomic mass is 10.1. The first-order valence-electron chi connectivity index (χ1n) is 7.65. The van der Waals surface area contributed by atoms with Gasteiger partial charge in [0.2, 0.25) is 0 Å². The third-order valence-electron chi connectivity index (χ3n) is 3.55. The Bertz CT molecular complexity index is 569. The van der Waals surface area contributed by atoms with E-state index in [1.807, 2.05) is 55.5 Å². The Labute approximate surface area is 132 Å². The maximum Gasteiger partial charge on any atom is 0.307 e. The summed E-state index contributed by atoms with van der Waals surface area (Å²) in [5.74, 6) is -0.177. The number of carbonyl (C=O) groups is 1. The molecule has 2 rings (SSSR count). The molecule has 3 heteroatoms. The summed E-state index contributed by atoms with van der Waals surface area (Å²) in [4.78, 5) is 11.9. The summed E-state index contributed by atoms with van der Waals surface area (Å²) in [6.07, 6.45) is 0.365. The van der Waals surface area contributed by atoms with E-state index in [1.165, 1.54) is 5.56 Å². The van der Waals surface area contributed by atoms with Crippen molar-refractivity contribution in [2.75, 3.05) is 0 Å². The normalized spacial score (nSPS) is 13.4. The van der Waals surface area contributed by atoms with Crippen molar-refractivity contribution >= 4 is 5.97 Å². The van der Waals surface area contributed by atoms with Gasteiger partial charge in [-0.05, 0) is 25.0 Å². The molecule has 2 atom stereocenters. The number of benzene rings is 2. The fourth-order valence-corrected chi connectivity index (χ4v) is 2.37. The fraction of sp³-hybridized carbons (Fsp3) is 0.316. The molecule has 0 saturated carbocycles. The zero-order valence-corrected chi connectivity index (χ0v) is 13.2. The summed E-state index contributed by atoms with van der Waals surface area (Å²) in [5, 5.41) is 3.42. The Hall–Kier alpha value is -2.13. The van der Waals surface area contributed by atoms with Crippen LogP contribution in [0.4, 0.5) is 0 Å². The second kappa shape index (κ2) is 8.35. The van der Waals surface area contributed by atoms with Gasteiger partial charge >= 0.3 is 5.97 Å². The molecule has 0 spiro atoms. The summed E-state index contributed by atoms with van der Waals surface area (Å²) in [6.45, 7) is 4.44. The van der Waals surface area contributed by atoms with Gasteiger partial charge < -0.3 is 10.1 Å². The van der Waals surface area contributed by atoms with Crippen LogP contribution < -0.4 is 5.32 Å². The number of ether oxygens (including phenoxy) is 1. The number of nitrogens with one attached hydrogen (secondary N) is 1. The van der Waals surface area contributed by atoms with Gasteiger partial charge in [-0.1, -0.05) is 60.7 Å². The van der Waals surface area contributed by atoms with Crippen LogP contribution in [0.15, 0.2) is 60.7 Å². The molecule has 0 unspecified atom stereocenters. The van der Waals surface area contributed by atoms with Crippen molar-refractivity contribution in [1.29, 1.82) is 0 Å². The summed E-state index contributed by atoms with van der Waals surface area (Å²) >= 11 is 0. The largest absolute Gasteiger partial charge is 0.461 e. The fourth-order valence-electron chi connectivity index (χ4n) is 2.37. The molecule has 0 fully saturated rings. The summed E-state index contributed by atoms with van der Waals surface area (Å²) in [5.41, 5.74) is 2.22. The lowest BCUT2D eigenvalue weighted by Crippen LogP contribution is -2.31.